The van der Waals surface area contributed by atoms with Crippen LogP contribution in [0.25, 0.3) is 0 Å². The predicted molar refractivity (Wildman–Crippen MR) is 103 cm³/mol. The summed E-state index contributed by atoms with van der Waals surface area (Å²) in [6.07, 6.45) is -0.0752. The van der Waals surface area contributed by atoms with Crippen LogP contribution in [-0.2, 0) is 19.0 Å². The minimum absolute atomic E-state index is 0.0885. The van der Waals surface area contributed by atoms with E-state index < -0.39 is 5.97 Å². The Balaban J connectivity index is 0.000000273. The first-order chi connectivity index (χ1) is 13.0. The van der Waals surface area contributed by atoms with E-state index in [1.807, 2.05) is 19.1 Å². The summed E-state index contributed by atoms with van der Waals surface area (Å²) in [5, 5.41) is 0. The Bertz CT molecular complexity index is 700. The molecular weight excluding hydrogens is 344 g/mol. The molecule has 0 saturated carbocycles. The normalized spacial score (nSPS) is 18.2. The quantitative estimate of drug-likeness (QED) is 0.592. The van der Waals surface area contributed by atoms with Crippen LogP contribution in [0, 0.1) is 20.8 Å². The molecule has 0 spiro atoms. The van der Waals surface area contributed by atoms with Crippen LogP contribution in [0.1, 0.15) is 33.5 Å². The third kappa shape index (κ3) is 6.87. The Hall–Kier alpha value is -2.66. The van der Waals surface area contributed by atoms with Gasteiger partial charge in [0.05, 0.1) is 12.2 Å². The second-order valence-electron chi connectivity index (χ2n) is 6.59. The number of hydrogen-bond acceptors (Lipinski definition) is 5. The summed E-state index contributed by atoms with van der Waals surface area (Å²) >= 11 is 0. The topological polar surface area (TPSA) is 61.8 Å². The van der Waals surface area contributed by atoms with Crippen LogP contribution < -0.4 is 0 Å². The van der Waals surface area contributed by atoms with Crippen LogP contribution in [0.4, 0.5) is 0 Å². The van der Waals surface area contributed by atoms with Crippen LogP contribution in [0.3, 0.4) is 0 Å². The average molecular weight is 370 g/mol. The second kappa shape index (κ2) is 10.5. The van der Waals surface area contributed by atoms with Crippen molar-refractivity contribution < 1.29 is 23.8 Å². The maximum absolute atomic E-state index is 11.8. The predicted octanol–water partition coefficient (Wildman–Crippen LogP) is 3.79. The van der Waals surface area contributed by atoms with Crippen LogP contribution in [0.15, 0.2) is 48.5 Å². The molecule has 0 radical (unpaired) electrons. The zero-order chi connectivity index (χ0) is 19.6. The van der Waals surface area contributed by atoms with Crippen LogP contribution in [-0.4, -0.2) is 37.9 Å². The number of aryl methyl sites for hydroxylation is 3. The molecule has 1 saturated heterocycles. The molecule has 0 aliphatic carbocycles. The van der Waals surface area contributed by atoms with Crippen molar-refractivity contribution in [1.82, 2.24) is 0 Å². The number of esters is 1. The number of hydrogen-bond donors (Lipinski definition) is 0. The number of carbonyl (C=O) groups excluding carboxylic acids is 2. The van der Waals surface area contributed by atoms with Crippen molar-refractivity contribution in [3.8, 4) is 0 Å². The molecule has 144 valence electrons. The van der Waals surface area contributed by atoms with E-state index in [0.717, 1.165) is 5.56 Å². The molecule has 1 aliphatic heterocycles. The van der Waals surface area contributed by atoms with Gasteiger partial charge in [-0.1, -0.05) is 53.1 Å². The Labute approximate surface area is 160 Å². The lowest BCUT2D eigenvalue weighted by atomic mass is 10.1. The van der Waals surface area contributed by atoms with Crippen LogP contribution in [0.5, 0.6) is 0 Å². The minimum atomic E-state index is -0.402. The molecule has 1 heterocycles. The maximum atomic E-state index is 11.8. The number of rotatable bonds is 5. The first-order valence-electron chi connectivity index (χ1n) is 8.97. The molecule has 1 unspecified atom stereocenters. The van der Waals surface area contributed by atoms with Gasteiger partial charge in [0.2, 0.25) is 0 Å². The fourth-order valence-electron chi connectivity index (χ4n) is 2.58. The highest BCUT2D eigenvalue weighted by Gasteiger charge is 2.31. The van der Waals surface area contributed by atoms with Gasteiger partial charge in [0, 0.05) is 6.42 Å². The van der Waals surface area contributed by atoms with Gasteiger partial charge in [-0.15, -0.1) is 0 Å². The van der Waals surface area contributed by atoms with Crippen molar-refractivity contribution >= 4 is 12.4 Å². The zero-order valence-corrected chi connectivity index (χ0v) is 16.0. The number of carbonyl (C=O) groups is 2. The third-order valence-electron chi connectivity index (χ3n) is 4.26. The summed E-state index contributed by atoms with van der Waals surface area (Å²) in [6, 6.07) is 15.6. The summed E-state index contributed by atoms with van der Waals surface area (Å²) in [6.45, 7) is 7.13. The molecule has 5 heteroatoms. The maximum Gasteiger partial charge on any atom is 0.338 e. The Kier molecular flexibility index (Phi) is 8.01. The van der Waals surface area contributed by atoms with Gasteiger partial charge in [0.25, 0.3) is 6.47 Å². The molecule has 2 aromatic rings. The summed E-state index contributed by atoms with van der Waals surface area (Å²) < 4.78 is 15.4. The van der Waals surface area contributed by atoms with E-state index >= 15 is 0 Å². The van der Waals surface area contributed by atoms with E-state index in [2.05, 4.69) is 38.1 Å². The highest BCUT2D eigenvalue weighted by molar-refractivity contribution is 5.89. The average Bonchev–Trinajstić information content (AvgIpc) is 3.11. The first-order valence-corrected chi connectivity index (χ1v) is 8.97. The summed E-state index contributed by atoms with van der Waals surface area (Å²) in [5.74, 6) is -0.402. The monoisotopic (exact) mass is 370 g/mol. The molecule has 0 N–H and O–H groups in total. The van der Waals surface area contributed by atoms with Gasteiger partial charge in [-0.3, -0.25) is 4.79 Å². The van der Waals surface area contributed by atoms with Crippen molar-refractivity contribution in [2.75, 3.05) is 13.2 Å². The molecule has 1 aliphatic rings. The lowest BCUT2D eigenvalue weighted by molar-refractivity contribution is -0.137. The van der Waals surface area contributed by atoms with Crippen molar-refractivity contribution in [2.24, 2.45) is 0 Å². The Morgan fingerprint density at radius 2 is 1.52 bits per heavy atom. The molecule has 2 atom stereocenters. The van der Waals surface area contributed by atoms with E-state index in [4.69, 9.17) is 14.2 Å². The van der Waals surface area contributed by atoms with Gasteiger partial charge in [-0.05, 0) is 32.9 Å². The Morgan fingerprint density at radius 3 is 2.04 bits per heavy atom. The molecule has 3 rings (SSSR count). The minimum Gasteiger partial charge on any atom is -0.462 e. The number of benzene rings is 2. The highest BCUT2D eigenvalue weighted by Crippen LogP contribution is 2.17. The van der Waals surface area contributed by atoms with Crippen molar-refractivity contribution in [2.45, 2.75) is 39.4 Å². The smallest absolute Gasteiger partial charge is 0.338 e. The summed E-state index contributed by atoms with van der Waals surface area (Å²) in [7, 11) is 0. The Morgan fingerprint density at radius 1 is 1.00 bits per heavy atom. The lowest BCUT2D eigenvalue weighted by Crippen LogP contribution is -2.30. The SMILES string of the molecule is Cc1ccc(C(=O)OCC2OCC[C@@H]2OC=O)cc1.Cc1ccc(C)cc1. The molecule has 1 fully saturated rings. The summed E-state index contributed by atoms with van der Waals surface area (Å²) in [5.41, 5.74) is 4.23. The molecule has 0 amide bonds. The second-order valence-corrected chi connectivity index (χ2v) is 6.59. The van der Waals surface area contributed by atoms with Gasteiger partial charge in [-0.25, -0.2) is 4.79 Å². The van der Waals surface area contributed by atoms with E-state index in [0.29, 0.717) is 25.1 Å². The van der Waals surface area contributed by atoms with Gasteiger partial charge in [0.1, 0.15) is 18.8 Å². The fourth-order valence-corrected chi connectivity index (χ4v) is 2.58. The first kappa shape index (κ1) is 20.6. The molecule has 0 aromatic heterocycles. The van der Waals surface area contributed by atoms with Gasteiger partial charge in [-0.2, -0.15) is 0 Å². The van der Waals surface area contributed by atoms with Gasteiger partial charge in [0.15, 0.2) is 0 Å². The summed E-state index contributed by atoms with van der Waals surface area (Å²) in [4.78, 5) is 22.1. The number of ether oxygens (including phenoxy) is 3. The molecule has 2 aromatic carbocycles. The van der Waals surface area contributed by atoms with Gasteiger partial charge >= 0.3 is 5.97 Å². The van der Waals surface area contributed by atoms with E-state index in [-0.39, 0.29) is 18.8 Å². The largest absolute Gasteiger partial charge is 0.462 e. The molecule has 27 heavy (non-hydrogen) atoms. The molecular formula is C22H26O5. The molecule has 5 nitrogen and oxygen atoms in total. The third-order valence-corrected chi connectivity index (χ3v) is 4.26. The standard InChI is InChI=1S/C14H16O5.C8H10/c1-10-2-4-11(5-3-10)14(16)18-8-13-12(19-9-15)6-7-17-13;1-7-3-5-8(2)6-4-7/h2-5,9,12-13H,6-8H2,1H3;3-6H,1-2H3/t12-,13?;/m0./s1. The zero-order valence-electron chi connectivity index (χ0n) is 16.0. The lowest BCUT2D eigenvalue weighted by Gasteiger charge is -2.16. The van der Waals surface area contributed by atoms with E-state index in [1.165, 1.54) is 11.1 Å². The highest BCUT2D eigenvalue weighted by atomic mass is 16.6. The van der Waals surface area contributed by atoms with E-state index in [1.54, 1.807) is 12.1 Å². The van der Waals surface area contributed by atoms with Crippen molar-refractivity contribution in [3.63, 3.8) is 0 Å². The fraction of sp³-hybridized carbons (Fsp3) is 0.364. The van der Waals surface area contributed by atoms with Gasteiger partial charge < -0.3 is 14.2 Å². The van der Waals surface area contributed by atoms with Crippen molar-refractivity contribution in [1.29, 1.82) is 0 Å². The van der Waals surface area contributed by atoms with E-state index in [9.17, 15) is 9.59 Å². The molecule has 0 bridgehead atoms. The van der Waals surface area contributed by atoms with Crippen LogP contribution in [0.2, 0.25) is 0 Å². The van der Waals surface area contributed by atoms with Crippen molar-refractivity contribution in [3.05, 3.63) is 70.8 Å². The van der Waals surface area contributed by atoms with Crippen LogP contribution >= 0.6 is 0 Å².